The van der Waals surface area contributed by atoms with Crippen LogP contribution in [0.4, 0.5) is 11.8 Å². The van der Waals surface area contributed by atoms with Gasteiger partial charge in [0.15, 0.2) is 0 Å². The standard InChI is InChI=1S/C17H28N6O2/c1-25-13-6-4-11(5-7-13)22-17-20-10-14(15(18)24)16(23-17)21-12-3-2-8-19-9-12/h10-13,19H,2-9H2,1H3,(H2,18,24)(H2,20,21,22,23)/t11-,12-,13-/m1/s1. The second-order valence-corrected chi connectivity index (χ2v) is 6.86. The molecule has 1 atom stereocenters. The Morgan fingerprint density at radius 1 is 1.24 bits per heavy atom. The zero-order valence-corrected chi connectivity index (χ0v) is 14.8. The Hall–Kier alpha value is -1.93. The molecule has 1 aliphatic carbocycles. The molecule has 0 spiro atoms. The number of hydrogen-bond acceptors (Lipinski definition) is 7. The fourth-order valence-electron chi connectivity index (χ4n) is 3.54. The maximum atomic E-state index is 11.7. The molecule has 138 valence electrons. The van der Waals surface area contributed by atoms with Gasteiger partial charge in [0.1, 0.15) is 5.82 Å². The summed E-state index contributed by atoms with van der Waals surface area (Å²) in [5.41, 5.74) is 5.81. The molecule has 2 fully saturated rings. The van der Waals surface area contributed by atoms with E-state index in [0.29, 0.717) is 29.5 Å². The summed E-state index contributed by atoms with van der Waals surface area (Å²) < 4.78 is 5.41. The van der Waals surface area contributed by atoms with Gasteiger partial charge in [-0.05, 0) is 45.1 Å². The number of carbonyl (C=O) groups excluding carboxylic acids is 1. The minimum absolute atomic E-state index is 0.242. The van der Waals surface area contributed by atoms with Gasteiger partial charge in [0, 0.05) is 31.9 Å². The monoisotopic (exact) mass is 348 g/mol. The summed E-state index contributed by atoms with van der Waals surface area (Å²) in [6.45, 7) is 1.88. The molecule has 2 heterocycles. The van der Waals surface area contributed by atoms with Crippen LogP contribution in [0.25, 0.3) is 0 Å². The van der Waals surface area contributed by atoms with Crippen molar-refractivity contribution in [2.24, 2.45) is 5.73 Å². The molecular formula is C17H28N6O2. The van der Waals surface area contributed by atoms with E-state index in [1.165, 1.54) is 6.20 Å². The fourth-order valence-corrected chi connectivity index (χ4v) is 3.54. The van der Waals surface area contributed by atoms with E-state index in [1.54, 1.807) is 7.11 Å². The van der Waals surface area contributed by atoms with Crippen molar-refractivity contribution in [3.05, 3.63) is 11.8 Å². The van der Waals surface area contributed by atoms with Crippen molar-refractivity contribution >= 4 is 17.7 Å². The van der Waals surface area contributed by atoms with E-state index in [-0.39, 0.29) is 6.04 Å². The molecule has 5 N–H and O–H groups in total. The zero-order chi connectivity index (χ0) is 17.6. The Morgan fingerprint density at radius 2 is 2.04 bits per heavy atom. The lowest BCUT2D eigenvalue weighted by Crippen LogP contribution is -2.39. The highest BCUT2D eigenvalue weighted by Gasteiger charge is 2.23. The first-order chi connectivity index (χ1) is 12.2. The van der Waals surface area contributed by atoms with Crippen LogP contribution in [0.15, 0.2) is 6.20 Å². The normalized spacial score (nSPS) is 26.8. The molecule has 1 aromatic rings. The van der Waals surface area contributed by atoms with Crippen LogP contribution in [-0.2, 0) is 4.74 Å². The number of nitrogens with one attached hydrogen (secondary N) is 3. The first-order valence-corrected chi connectivity index (χ1v) is 9.09. The number of amides is 1. The second-order valence-electron chi connectivity index (χ2n) is 6.86. The van der Waals surface area contributed by atoms with Gasteiger partial charge < -0.3 is 26.4 Å². The van der Waals surface area contributed by atoms with Crippen LogP contribution in [0.3, 0.4) is 0 Å². The molecule has 1 saturated heterocycles. The van der Waals surface area contributed by atoms with Gasteiger partial charge in [-0.15, -0.1) is 0 Å². The smallest absolute Gasteiger partial charge is 0.254 e. The van der Waals surface area contributed by atoms with E-state index in [9.17, 15) is 4.79 Å². The van der Waals surface area contributed by atoms with Crippen LogP contribution in [-0.4, -0.2) is 54.3 Å². The summed E-state index contributed by atoms with van der Waals surface area (Å²) in [4.78, 5) is 20.5. The molecule has 1 aliphatic heterocycles. The number of hydrogen-bond donors (Lipinski definition) is 4. The van der Waals surface area contributed by atoms with Gasteiger partial charge in [-0.1, -0.05) is 0 Å². The molecule has 0 bridgehead atoms. The Bertz CT molecular complexity index is 583. The van der Waals surface area contributed by atoms with Gasteiger partial charge in [-0.3, -0.25) is 4.79 Å². The lowest BCUT2D eigenvalue weighted by Gasteiger charge is -2.28. The van der Waals surface area contributed by atoms with E-state index < -0.39 is 5.91 Å². The molecule has 8 heteroatoms. The summed E-state index contributed by atoms with van der Waals surface area (Å²) in [6.07, 6.45) is 8.12. The Labute approximate surface area is 148 Å². The predicted molar refractivity (Wildman–Crippen MR) is 96.7 cm³/mol. The number of piperidine rings is 1. The average Bonchev–Trinajstić information content (AvgIpc) is 2.63. The number of rotatable bonds is 6. The first-order valence-electron chi connectivity index (χ1n) is 9.09. The van der Waals surface area contributed by atoms with Crippen LogP contribution in [0.5, 0.6) is 0 Å². The zero-order valence-electron chi connectivity index (χ0n) is 14.8. The molecule has 0 aromatic carbocycles. The molecule has 1 saturated carbocycles. The van der Waals surface area contributed by atoms with E-state index >= 15 is 0 Å². The van der Waals surface area contributed by atoms with Crippen molar-refractivity contribution in [2.45, 2.75) is 56.7 Å². The molecule has 1 aromatic heterocycles. The highest BCUT2D eigenvalue weighted by Crippen LogP contribution is 2.24. The van der Waals surface area contributed by atoms with Crippen LogP contribution in [0, 0.1) is 0 Å². The molecule has 8 nitrogen and oxygen atoms in total. The molecule has 1 amide bonds. The van der Waals surface area contributed by atoms with Crippen molar-refractivity contribution in [2.75, 3.05) is 30.8 Å². The highest BCUT2D eigenvalue weighted by molar-refractivity contribution is 5.97. The Morgan fingerprint density at radius 3 is 2.68 bits per heavy atom. The van der Waals surface area contributed by atoms with Crippen molar-refractivity contribution in [1.82, 2.24) is 15.3 Å². The van der Waals surface area contributed by atoms with Crippen LogP contribution >= 0.6 is 0 Å². The number of nitrogens with zero attached hydrogens (tertiary/aromatic N) is 2. The molecular weight excluding hydrogens is 320 g/mol. The van der Waals surface area contributed by atoms with Gasteiger partial charge >= 0.3 is 0 Å². The van der Waals surface area contributed by atoms with Crippen molar-refractivity contribution in [3.8, 4) is 0 Å². The Balaban J connectivity index is 1.68. The molecule has 2 aliphatic rings. The number of anilines is 2. The third kappa shape index (κ3) is 4.79. The molecule has 3 rings (SSSR count). The third-order valence-corrected chi connectivity index (χ3v) is 5.03. The summed E-state index contributed by atoms with van der Waals surface area (Å²) in [7, 11) is 1.77. The lowest BCUT2D eigenvalue weighted by molar-refractivity contribution is 0.0681. The predicted octanol–water partition coefficient (Wildman–Crippen LogP) is 1.11. The van der Waals surface area contributed by atoms with Crippen molar-refractivity contribution in [3.63, 3.8) is 0 Å². The largest absolute Gasteiger partial charge is 0.381 e. The SMILES string of the molecule is CO[C@H]1CC[C@H](Nc2ncc(C(N)=O)c(N[C@@H]3CCCNC3)n2)CC1. The maximum absolute atomic E-state index is 11.7. The van der Waals surface area contributed by atoms with E-state index in [1.807, 2.05) is 0 Å². The average molecular weight is 348 g/mol. The molecule has 0 radical (unpaired) electrons. The minimum Gasteiger partial charge on any atom is -0.381 e. The summed E-state index contributed by atoms with van der Waals surface area (Å²) in [5, 5.41) is 10.1. The fraction of sp³-hybridized carbons (Fsp3) is 0.706. The highest BCUT2D eigenvalue weighted by atomic mass is 16.5. The Kier molecular flexibility index (Phi) is 6.04. The van der Waals surface area contributed by atoms with Gasteiger partial charge in [0.2, 0.25) is 5.95 Å². The van der Waals surface area contributed by atoms with E-state index in [0.717, 1.165) is 51.6 Å². The number of methoxy groups -OCH3 is 1. The number of primary amides is 1. The lowest BCUT2D eigenvalue weighted by atomic mass is 9.93. The van der Waals surface area contributed by atoms with Gasteiger partial charge in [0.05, 0.1) is 11.7 Å². The van der Waals surface area contributed by atoms with Crippen LogP contribution < -0.4 is 21.7 Å². The van der Waals surface area contributed by atoms with Crippen molar-refractivity contribution in [1.29, 1.82) is 0 Å². The van der Waals surface area contributed by atoms with Gasteiger partial charge in [0.25, 0.3) is 5.91 Å². The van der Waals surface area contributed by atoms with Crippen molar-refractivity contribution < 1.29 is 9.53 Å². The summed E-state index contributed by atoms with van der Waals surface area (Å²) in [6, 6.07) is 0.571. The molecule has 25 heavy (non-hydrogen) atoms. The number of carbonyl (C=O) groups is 1. The van der Waals surface area contributed by atoms with Crippen LogP contribution in [0.1, 0.15) is 48.9 Å². The third-order valence-electron chi connectivity index (χ3n) is 5.03. The van der Waals surface area contributed by atoms with Gasteiger partial charge in [-0.25, -0.2) is 4.98 Å². The summed E-state index contributed by atoms with van der Waals surface area (Å²) in [5.74, 6) is 0.542. The topological polar surface area (TPSA) is 114 Å². The van der Waals surface area contributed by atoms with Crippen LogP contribution in [0.2, 0.25) is 0 Å². The first kappa shape index (κ1) is 17.9. The second kappa shape index (κ2) is 8.44. The maximum Gasteiger partial charge on any atom is 0.254 e. The van der Waals surface area contributed by atoms with E-state index in [2.05, 4.69) is 25.9 Å². The van der Waals surface area contributed by atoms with E-state index in [4.69, 9.17) is 10.5 Å². The van der Waals surface area contributed by atoms with Gasteiger partial charge in [-0.2, -0.15) is 4.98 Å². The molecule has 0 unspecified atom stereocenters. The minimum atomic E-state index is -0.515. The quantitative estimate of drug-likeness (QED) is 0.609. The number of nitrogens with two attached hydrogens (primary N) is 1. The summed E-state index contributed by atoms with van der Waals surface area (Å²) >= 11 is 0. The number of ether oxygens (including phenoxy) is 1. The number of aromatic nitrogens is 2.